The van der Waals surface area contributed by atoms with Crippen LogP contribution in [0.1, 0.15) is 38.5 Å². The Labute approximate surface area is 169 Å². The van der Waals surface area contributed by atoms with Crippen LogP contribution < -0.4 is 44.6 Å². The largest absolute Gasteiger partial charge is 0.370 e. The van der Waals surface area contributed by atoms with Crippen molar-refractivity contribution in [2.75, 3.05) is 19.6 Å². The quantitative estimate of drug-likeness (QED) is 0.0985. The molecule has 4 amide bonds. The highest BCUT2D eigenvalue weighted by Crippen LogP contribution is 2.19. The summed E-state index contributed by atoms with van der Waals surface area (Å²) in [5.74, 6) is -0.904. The SMILES string of the molecule is NCCCC[C@@]1(NC(=O)C[C@@H](N)CCCN=C(N)N)CN=C(NC(N)=O)NC1=O. The number of guanidine groups is 2. The van der Waals surface area contributed by atoms with E-state index in [0.717, 1.165) is 0 Å². The average Bonchev–Trinajstić information content (AvgIpc) is 2.61. The number of primary amides is 1. The van der Waals surface area contributed by atoms with Crippen molar-refractivity contribution in [2.24, 2.45) is 38.7 Å². The van der Waals surface area contributed by atoms with Gasteiger partial charge in [0.1, 0.15) is 5.54 Å². The van der Waals surface area contributed by atoms with Crippen molar-refractivity contribution >= 4 is 29.8 Å². The van der Waals surface area contributed by atoms with Gasteiger partial charge < -0.3 is 34.0 Å². The summed E-state index contributed by atoms with van der Waals surface area (Å²) < 4.78 is 0. The number of rotatable bonds is 11. The fraction of sp³-hybridized carbons (Fsp3) is 0.688. The summed E-state index contributed by atoms with van der Waals surface area (Å²) in [7, 11) is 0. The van der Waals surface area contributed by atoms with Crippen molar-refractivity contribution in [3.05, 3.63) is 0 Å². The first-order valence-corrected chi connectivity index (χ1v) is 9.43. The van der Waals surface area contributed by atoms with Crippen LogP contribution in [0.5, 0.6) is 0 Å². The number of hydrogen-bond donors (Lipinski definition) is 8. The monoisotopic (exact) mass is 412 g/mol. The molecule has 13 heteroatoms. The van der Waals surface area contributed by atoms with Crippen molar-refractivity contribution in [3.63, 3.8) is 0 Å². The van der Waals surface area contributed by atoms with Crippen LogP contribution in [0, 0.1) is 0 Å². The summed E-state index contributed by atoms with van der Waals surface area (Å²) in [5, 5.41) is 7.44. The predicted molar refractivity (Wildman–Crippen MR) is 109 cm³/mol. The summed E-state index contributed by atoms with van der Waals surface area (Å²) in [6.45, 7) is 0.849. The van der Waals surface area contributed by atoms with Gasteiger partial charge in [0.25, 0.3) is 5.91 Å². The molecule has 0 radical (unpaired) electrons. The first-order valence-electron chi connectivity index (χ1n) is 9.43. The predicted octanol–water partition coefficient (Wildman–Crippen LogP) is -3.10. The molecule has 164 valence electrons. The molecule has 0 aliphatic carbocycles. The van der Waals surface area contributed by atoms with E-state index in [4.69, 9.17) is 28.7 Å². The molecule has 0 aromatic carbocycles. The molecule has 1 aliphatic rings. The van der Waals surface area contributed by atoms with E-state index in [-0.39, 0.29) is 30.8 Å². The molecule has 0 aromatic heterocycles. The number of nitrogens with zero attached hydrogens (tertiary/aromatic N) is 2. The minimum absolute atomic E-state index is 0.00444. The van der Waals surface area contributed by atoms with E-state index < -0.39 is 23.5 Å². The lowest BCUT2D eigenvalue weighted by Gasteiger charge is -2.35. The van der Waals surface area contributed by atoms with Crippen molar-refractivity contribution < 1.29 is 14.4 Å². The average molecular weight is 412 g/mol. The molecule has 0 saturated heterocycles. The van der Waals surface area contributed by atoms with Crippen LogP contribution in [-0.2, 0) is 9.59 Å². The van der Waals surface area contributed by atoms with E-state index in [0.29, 0.717) is 45.2 Å². The summed E-state index contributed by atoms with van der Waals surface area (Å²) in [6, 6.07) is -1.26. The fourth-order valence-corrected chi connectivity index (χ4v) is 2.88. The Morgan fingerprint density at radius 1 is 1.24 bits per heavy atom. The highest BCUT2D eigenvalue weighted by Gasteiger charge is 2.42. The Hall–Kier alpha value is -2.93. The fourth-order valence-electron chi connectivity index (χ4n) is 2.88. The van der Waals surface area contributed by atoms with Crippen LogP contribution >= 0.6 is 0 Å². The lowest BCUT2D eigenvalue weighted by atomic mass is 9.89. The second-order valence-corrected chi connectivity index (χ2v) is 6.90. The van der Waals surface area contributed by atoms with Gasteiger partial charge in [-0.3, -0.25) is 25.2 Å². The molecule has 1 aliphatic heterocycles. The van der Waals surface area contributed by atoms with Gasteiger partial charge in [0.15, 0.2) is 5.96 Å². The molecule has 1 rings (SSSR count). The van der Waals surface area contributed by atoms with Crippen LogP contribution in [0.4, 0.5) is 4.79 Å². The van der Waals surface area contributed by atoms with Crippen LogP contribution in [-0.4, -0.2) is 61.0 Å². The number of unbranched alkanes of at least 4 members (excludes halogenated alkanes) is 1. The summed E-state index contributed by atoms with van der Waals surface area (Å²) >= 11 is 0. The molecule has 29 heavy (non-hydrogen) atoms. The van der Waals surface area contributed by atoms with Crippen LogP contribution in [0.3, 0.4) is 0 Å². The van der Waals surface area contributed by atoms with E-state index in [9.17, 15) is 14.4 Å². The molecular formula is C16H32N10O3. The van der Waals surface area contributed by atoms with Crippen LogP contribution in [0.15, 0.2) is 9.98 Å². The van der Waals surface area contributed by atoms with Crippen molar-refractivity contribution in [1.29, 1.82) is 0 Å². The normalized spacial score (nSPS) is 19.5. The smallest absolute Gasteiger partial charge is 0.318 e. The number of amides is 4. The Kier molecular flexibility index (Phi) is 9.82. The van der Waals surface area contributed by atoms with E-state index in [1.807, 2.05) is 0 Å². The van der Waals surface area contributed by atoms with Gasteiger partial charge in [-0.15, -0.1) is 0 Å². The van der Waals surface area contributed by atoms with Gasteiger partial charge in [0.2, 0.25) is 11.9 Å². The molecular weight excluding hydrogens is 380 g/mol. The maximum Gasteiger partial charge on any atom is 0.318 e. The lowest BCUT2D eigenvalue weighted by Crippen LogP contribution is -2.66. The topological polar surface area (TPSA) is 242 Å². The maximum atomic E-state index is 12.7. The third-order valence-corrected chi connectivity index (χ3v) is 4.33. The van der Waals surface area contributed by atoms with Crippen molar-refractivity contribution in [3.8, 4) is 0 Å². The van der Waals surface area contributed by atoms with Gasteiger partial charge in [0, 0.05) is 19.0 Å². The molecule has 1 heterocycles. The second-order valence-electron chi connectivity index (χ2n) is 6.90. The first-order chi connectivity index (χ1) is 13.7. The number of hydrogen-bond acceptors (Lipinski definition) is 7. The lowest BCUT2D eigenvalue weighted by molar-refractivity contribution is -0.133. The molecule has 0 unspecified atom stereocenters. The summed E-state index contributed by atoms with van der Waals surface area (Å²) in [5.41, 5.74) is 25.8. The number of urea groups is 1. The van der Waals surface area contributed by atoms with E-state index >= 15 is 0 Å². The van der Waals surface area contributed by atoms with E-state index in [2.05, 4.69) is 25.9 Å². The number of carbonyl (C=O) groups excluding carboxylic acids is 3. The molecule has 2 atom stereocenters. The number of carbonyl (C=O) groups is 3. The molecule has 0 saturated carbocycles. The Balaban J connectivity index is 2.71. The highest BCUT2D eigenvalue weighted by atomic mass is 16.2. The third-order valence-electron chi connectivity index (χ3n) is 4.33. The van der Waals surface area contributed by atoms with E-state index in [1.165, 1.54) is 0 Å². The summed E-state index contributed by atoms with van der Waals surface area (Å²) in [6.07, 6.45) is 2.84. The van der Waals surface area contributed by atoms with Crippen molar-refractivity contribution in [1.82, 2.24) is 16.0 Å². The van der Waals surface area contributed by atoms with Gasteiger partial charge in [-0.25, -0.2) is 9.79 Å². The maximum absolute atomic E-state index is 12.7. The van der Waals surface area contributed by atoms with Crippen LogP contribution in [0.25, 0.3) is 0 Å². The van der Waals surface area contributed by atoms with Gasteiger partial charge in [-0.05, 0) is 38.6 Å². The van der Waals surface area contributed by atoms with Gasteiger partial charge >= 0.3 is 6.03 Å². The molecule has 13 N–H and O–H groups in total. The molecule has 13 nitrogen and oxygen atoms in total. The molecule has 0 aromatic rings. The zero-order valence-corrected chi connectivity index (χ0v) is 16.4. The molecule has 0 bridgehead atoms. The zero-order chi connectivity index (χ0) is 21.9. The first kappa shape index (κ1) is 24.1. The van der Waals surface area contributed by atoms with Gasteiger partial charge in [-0.1, -0.05) is 0 Å². The molecule has 0 spiro atoms. The Morgan fingerprint density at radius 2 is 1.97 bits per heavy atom. The van der Waals surface area contributed by atoms with E-state index in [1.54, 1.807) is 0 Å². The highest BCUT2D eigenvalue weighted by molar-refractivity contribution is 6.09. The number of nitrogens with two attached hydrogens (primary N) is 5. The Bertz CT molecular complexity index is 647. The number of nitrogens with one attached hydrogen (secondary N) is 3. The minimum atomic E-state index is -1.24. The van der Waals surface area contributed by atoms with Gasteiger partial charge in [0.05, 0.1) is 6.54 Å². The molecule has 0 fully saturated rings. The third kappa shape index (κ3) is 8.74. The standard InChI is InChI=1S/C16H32N10O3/c17-6-2-1-5-16(9-23-15(24-12(16)28)25-14(21)29)26-11(27)8-10(18)4-3-7-22-13(19)20/h10H,1-9,17-18H2,(H,26,27)(H4,19,20,22)(H4,21,23,24,25,28,29)/t10-,16+/m0/s1. The Morgan fingerprint density at radius 3 is 2.55 bits per heavy atom. The van der Waals surface area contributed by atoms with Gasteiger partial charge in [-0.2, -0.15) is 0 Å². The van der Waals surface area contributed by atoms with Crippen molar-refractivity contribution in [2.45, 2.75) is 50.1 Å². The second kappa shape index (κ2) is 11.8. The number of aliphatic imine (C=N–C) groups is 2. The summed E-state index contributed by atoms with van der Waals surface area (Å²) in [4.78, 5) is 44.1. The zero-order valence-electron chi connectivity index (χ0n) is 16.4. The van der Waals surface area contributed by atoms with Crippen LogP contribution in [0.2, 0.25) is 0 Å². The minimum Gasteiger partial charge on any atom is -0.370 e.